The Kier molecular flexibility index (Phi) is 5.82. The summed E-state index contributed by atoms with van der Waals surface area (Å²) in [6, 6.07) is 16.4. The minimum Gasteiger partial charge on any atom is -0.383 e. The number of aryl methyl sites for hydroxylation is 1. The van der Waals surface area contributed by atoms with E-state index in [1.807, 2.05) is 22.9 Å². The third kappa shape index (κ3) is 3.94. The molecule has 0 aliphatic heterocycles. The van der Waals surface area contributed by atoms with Crippen LogP contribution in [0.5, 0.6) is 0 Å². The Bertz CT molecular complexity index is 1280. The number of hydrogen-bond acceptors (Lipinski definition) is 8. The Morgan fingerprint density at radius 2 is 1.80 bits per heavy atom. The van der Waals surface area contributed by atoms with Crippen LogP contribution in [0.2, 0.25) is 0 Å². The fourth-order valence-electron chi connectivity index (χ4n) is 2.91. The van der Waals surface area contributed by atoms with Crippen LogP contribution >= 0.6 is 34.4 Å². The summed E-state index contributed by atoms with van der Waals surface area (Å²) in [6.45, 7) is 2.06. The van der Waals surface area contributed by atoms with E-state index in [1.165, 1.54) is 28.7 Å². The van der Waals surface area contributed by atoms with Gasteiger partial charge in [0.2, 0.25) is 0 Å². The number of rotatable bonds is 5. The number of thiazole rings is 1. The zero-order valence-corrected chi connectivity index (χ0v) is 18.4. The Balaban J connectivity index is 1.64. The number of aromatic nitrogens is 2. The van der Waals surface area contributed by atoms with Gasteiger partial charge < -0.3 is 5.73 Å². The van der Waals surface area contributed by atoms with Crippen LogP contribution < -0.4 is 5.73 Å². The zero-order chi connectivity index (χ0) is 21.1. The summed E-state index contributed by atoms with van der Waals surface area (Å²) < 4.78 is 0. The fraction of sp³-hybridized carbons (Fsp3) is 0.0909. The average Bonchev–Trinajstić information content (AvgIpc) is 3.44. The predicted molar refractivity (Wildman–Crippen MR) is 123 cm³/mol. The highest BCUT2D eigenvalue weighted by molar-refractivity contribution is 7.98. The third-order valence-electron chi connectivity index (χ3n) is 4.39. The Labute approximate surface area is 186 Å². The smallest absolute Gasteiger partial charge is 0.143 e. The van der Waals surface area contributed by atoms with Crippen LogP contribution in [0.15, 0.2) is 52.2 Å². The van der Waals surface area contributed by atoms with Crippen molar-refractivity contribution in [1.82, 2.24) is 9.97 Å². The van der Waals surface area contributed by atoms with Gasteiger partial charge in [-0.25, -0.2) is 9.97 Å². The Morgan fingerprint density at radius 1 is 1.03 bits per heavy atom. The van der Waals surface area contributed by atoms with Gasteiger partial charge in [0, 0.05) is 27.1 Å². The van der Waals surface area contributed by atoms with Gasteiger partial charge in [0.1, 0.15) is 33.6 Å². The molecule has 30 heavy (non-hydrogen) atoms. The van der Waals surface area contributed by atoms with Crippen LogP contribution in [-0.2, 0) is 5.75 Å². The molecule has 0 radical (unpaired) electrons. The van der Waals surface area contributed by atoms with Gasteiger partial charge in [-0.3, -0.25) is 0 Å². The van der Waals surface area contributed by atoms with Crippen molar-refractivity contribution in [3.05, 3.63) is 69.5 Å². The summed E-state index contributed by atoms with van der Waals surface area (Å²) in [5.41, 5.74) is 10.4. The molecular formula is C22H15N5S3. The summed E-state index contributed by atoms with van der Waals surface area (Å²) in [4.78, 5) is 9.89. The fourth-order valence-corrected chi connectivity index (χ4v) is 5.52. The molecule has 5 nitrogen and oxygen atoms in total. The molecule has 0 spiro atoms. The van der Waals surface area contributed by atoms with E-state index in [9.17, 15) is 10.5 Å². The molecule has 2 N–H and O–H groups in total. The summed E-state index contributed by atoms with van der Waals surface area (Å²) in [6.07, 6.45) is 0. The van der Waals surface area contributed by atoms with Crippen molar-refractivity contribution in [3.63, 3.8) is 0 Å². The summed E-state index contributed by atoms with van der Waals surface area (Å²) in [7, 11) is 0. The SMILES string of the molecule is Cc1ccc(-c2nc(CSc3nc(N)c(C#N)c(-c4cccs4)c3C#N)cs2)cc1. The molecule has 4 aromatic rings. The van der Waals surface area contributed by atoms with Gasteiger partial charge in [0.05, 0.1) is 11.3 Å². The highest BCUT2D eigenvalue weighted by Crippen LogP contribution is 2.38. The third-order valence-corrected chi connectivity index (χ3v) is 7.23. The molecule has 0 fully saturated rings. The average molecular weight is 446 g/mol. The lowest BCUT2D eigenvalue weighted by Gasteiger charge is -2.11. The summed E-state index contributed by atoms with van der Waals surface area (Å²) in [5, 5.41) is 24.8. The van der Waals surface area contributed by atoms with Gasteiger partial charge in [-0.1, -0.05) is 47.7 Å². The van der Waals surface area contributed by atoms with Crippen molar-refractivity contribution in [2.24, 2.45) is 0 Å². The molecule has 0 unspecified atom stereocenters. The first-order valence-electron chi connectivity index (χ1n) is 8.92. The Hall–Kier alpha value is -3.17. The van der Waals surface area contributed by atoms with Gasteiger partial charge in [-0.05, 0) is 18.4 Å². The first-order valence-corrected chi connectivity index (χ1v) is 11.7. The maximum Gasteiger partial charge on any atom is 0.143 e. The van der Waals surface area contributed by atoms with E-state index in [0.29, 0.717) is 21.9 Å². The maximum atomic E-state index is 9.82. The number of nitrogen functional groups attached to an aromatic ring is 1. The number of benzene rings is 1. The summed E-state index contributed by atoms with van der Waals surface area (Å²) >= 11 is 4.46. The number of thiophene rings is 1. The number of nitriles is 2. The minimum absolute atomic E-state index is 0.140. The predicted octanol–water partition coefficient (Wildman–Crippen LogP) is 5.86. The molecule has 3 aromatic heterocycles. The van der Waals surface area contributed by atoms with Gasteiger partial charge in [-0.15, -0.1) is 22.7 Å². The lowest BCUT2D eigenvalue weighted by Crippen LogP contribution is -2.02. The molecule has 4 rings (SSSR count). The van der Waals surface area contributed by atoms with Crippen molar-refractivity contribution < 1.29 is 0 Å². The molecule has 0 saturated heterocycles. The topological polar surface area (TPSA) is 99.4 Å². The quantitative estimate of drug-likeness (QED) is 0.386. The maximum absolute atomic E-state index is 9.82. The van der Waals surface area contributed by atoms with Crippen molar-refractivity contribution in [3.8, 4) is 33.2 Å². The van der Waals surface area contributed by atoms with Crippen molar-refractivity contribution in [2.45, 2.75) is 17.7 Å². The van der Waals surface area contributed by atoms with Crippen molar-refractivity contribution >= 4 is 40.3 Å². The van der Waals surface area contributed by atoms with Gasteiger partial charge in [0.15, 0.2) is 0 Å². The molecule has 3 heterocycles. The van der Waals surface area contributed by atoms with E-state index in [1.54, 1.807) is 11.3 Å². The molecule has 0 amide bonds. The van der Waals surface area contributed by atoms with E-state index in [2.05, 4.69) is 48.3 Å². The minimum atomic E-state index is 0.140. The van der Waals surface area contributed by atoms with E-state index < -0.39 is 0 Å². The van der Waals surface area contributed by atoms with Crippen LogP contribution in [-0.4, -0.2) is 9.97 Å². The number of nitrogens with two attached hydrogens (primary N) is 1. The molecule has 0 bridgehead atoms. The monoisotopic (exact) mass is 445 g/mol. The van der Waals surface area contributed by atoms with Crippen LogP contribution in [0.25, 0.3) is 21.0 Å². The van der Waals surface area contributed by atoms with Crippen molar-refractivity contribution in [1.29, 1.82) is 10.5 Å². The van der Waals surface area contributed by atoms with Crippen LogP contribution in [0, 0.1) is 29.6 Å². The van der Waals surface area contributed by atoms with Gasteiger partial charge >= 0.3 is 0 Å². The van der Waals surface area contributed by atoms with Gasteiger partial charge in [-0.2, -0.15) is 10.5 Å². The molecule has 0 atom stereocenters. The second kappa shape index (κ2) is 8.68. The van der Waals surface area contributed by atoms with Crippen LogP contribution in [0.1, 0.15) is 22.4 Å². The lowest BCUT2D eigenvalue weighted by atomic mass is 10.0. The van der Waals surface area contributed by atoms with Crippen LogP contribution in [0.4, 0.5) is 5.82 Å². The number of nitrogens with zero attached hydrogens (tertiary/aromatic N) is 4. The summed E-state index contributed by atoms with van der Waals surface area (Å²) in [5.74, 6) is 0.695. The molecule has 146 valence electrons. The zero-order valence-electron chi connectivity index (χ0n) is 15.9. The van der Waals surface area contributed by atoms with Gasteiger partial charge in [0.25, 0.3) is 0 Å². The van der Waals surface area contributed by atoms with E-state index in [4.69, 9.17) is 10.7 Å². The second-order valence-electron chi connectivity index (χ2n) is 6.43. The standard InChI is InChI=1S/C22H15N5S3/c1-13-4-6-14(7-5-13)21-26-15(11-29-21)12-30-22-17(10-24)19(18-3-2-8-28-18)16(9-23)20(25)27-22/h2-8,11H,12H2,1H3,(H2,25,27). The molecule has 0 aliphatic rings. The first kappa shape index (κ1) is 20.1. The number of anilines is 1. The highest BCUT2D eigenvalue weighted by Gasteiger charge is 2.21. The molecular weight excluding hydrogens is 430 g/mol. The first-order chi connectivity index (χ1) is 14.6. The highest BCUT2D eigenvalue weighted by atomic mass is 32.2. The van der Waals surface area contributed by atoms with Crippen LogP contribution in [0.3, 0.4) is 0 Å². The molecule has 0 aliphatic carbocycles. The Morgan fingerprint density at radius 3 is 2.47 bits per heavy atom. The lowest BCUT2D eigenvalue weighted by molar-refractivity contribution is 1.11. The molecule has 1 aromatic carbocycles. The second-order valence-corrected chi connectivity index (χ2v) is 9.20. The van der Waals surface area contributed by atoms with E-state index in [-0.39, 0.29) is 11.4 Å². The molecule has 0 saturated carbocycles. The molecule has 8 heteroatoms. The van der Waals surface area contributed by atoms with E-state index >= 15 is 0 Å². The van der Waals surface area contributed by atoms with Crippen molar-refractivity contribution in [2.75, 3.05) is 5.73 Å². The largest absolute Gasteiger partial charge is 0.383 e. The number of hydrogen-bond donors (Lipinski definition) is 1. The normalized spacial score (nSPS) is 10.5. The van der Waals surface area contributed by atoms with E-state index in [0.717, 1.165) is 21.1 Å². The number of thioether (sulfide) groups is 1. The number of pyridine rings is 1.